The molecule has 1 N–H and O–H groups in total. The van der Waals surface area contributed by atoms with Crippen LogP contribution in [0.5, 0.6) is 11.5 Å². The molecule has 0 aliphatic carbocycles. The average molecular weight is 434 g/mol. The quantitative estimate of drug-likeness (QED) is 0.508. The summed E-state index contributed by atoms with van der Waals surface area (Å²) in [6.45, 7) is 8.75. The average Bonchev–Trinajstić information content (AvgIpc) is 3.33. The molecule has 4 rings (SSSR count). The fourth-order valence-electron chi connectivity index (χ4n) is 4.34. The van der Waals surface area contributed by atoms with Gasteiger partial charge in [-0.25, -0.2) is 0 Å². The third-order valence-corrected chi connectivity index (χ3v) is 6.12. The molecule has 0 radical (unpaired) electrons. The van der Waals surface area contributed by atoms with Crippen molar-refractivity contribution < 1.29 is 24.0 Å². The summed E-state index contributed by atoms with van der Waals surface area (Å²) in [6, 6.07) is 11.2. The molecule has 168 valence electrons. The van der Waals surface area contributed by atoms with E-state index in [2.05, 4.69) is 13.8 Å². The van der Waals surface area contributed by atoms with Crippen LogP contribution in [0.2, 0.25) is 0 Å². The summed E-state index contributed by atoms with van der Waals surface area (Å²) in [5, 5.41) is 13.9. The number of ether oxygens (including phenoxy) is 1. The van der Waals surface area contributed by atoms with Gasteiger partial charge >= 0.3 is 0 Å². The lowest BCUT2D eigenvalue weighted by Gasteiger charge is -2.24. The fourth-order valence-corrected chi connectivity index (χ4v) is 4.34. The first-order chi connectivity index (χ1) is 15.5. The zero-order valence-corrected chi connectivity index (χ0v) is 19.1. The van der Waals surface area contributed by atoms with E-state index in [1.54, 1.807) is 19.1 Å². The number of furan rings is 1. The number of carbonyl (C=O) groups is 1. The minimum absolute atomic E-state index is 0.0514. The lowest BCUT2D eigenvalue weighted by atomic mass is 9.99. The summed E-state index contributed by atoms with van der Waals surface area (Å²) in [5.41, 5.74) is 2.53. The molecule has 0 amide bonds. The Morgan fingerprint density at radius 2 is 1.78 bits per heavy atom. The molecule has 0 atom stereocenters. The Balaban J connectivity index is 1.67. The first kappa shape index (κ1) is 22.2. The number of allylic oxidation sites excluding steroid dienone is 1. The van der Waals surface area contributed by atoms with Gasteiger partial charge < -0.3 is 19.2 Å². The number of para-hydroxylation sites is 1. The van der Waals surface area contributed by atoms with Crippen molar-refractivity contribution in [1.29, 1.82) is 0 Å². The number of aryl methyl sites for hydroxylation is 1. The predicted octanol–water partition coefficient (Wildman–Crippen LogP) is 4.42. The molecule has 2 heterocycles. The molecular weight excluding hydrogens is 402 g/mol. The van der Waals surface area contributed by atoms with E-state index in [1.165, 1.54) is 4.90 Å². The molecule has 0 fully saturated rings. The number of rotatable bonds is 9. The van der Waals surface area contributed by atoms with Crippen LogP contribution in [0.15, 0.2) is 46.6 Å². The predicted molar refractivity (Wildman–Crippen MR) is 124 cm³/mol. The molecule has 5 nitrogen and oxygen atoms in total. The van der Waals surface area contributed by atoms with E-state index >= 15 is 0 Å². The fraction of sp³-hybridized carbons (Fsp3) is 0.370. The van der Waals surface area contributed by atoms with E-state index in [9.17, 15) is 9.90 Å². The highest BCUT2D eigenvalue weighted by atomic mass is 16.5. The highest BCUT2D eigenvalue weighted by molar-refractivity contribution is 6.15. The summed E-state index contributed by atoms with van der Waals surface area (Å²) in [4.78, 5) is 14.6. The molecule has 32 heavy (non-hydrogen) atoms. The Bertz CT molecular complexity index is 1120. The third-order valence-electron chi connectivity index (χ3n) is 6.12. The summed E-state index contributed by atoms with van der Waals surface area (Å²) >= 11 is 0. The zero-order valence-electron chi connectivity index (χ0n) is 19.1. The molecule has 0 spiro atoms. The standard InChI is InChI=1S/C27H31NO4/c1-4-6-12-28(13-7-5-2)17-21-22(29)14-18(3)25-26(30)24(32-27(21)25)16-20-15-19-10-8-9-11-23(19)31-20/h8-11,14-16,29H,4-7,12-13,17H2,1-3H3. The maximum Gasteiger partial charge on any atom is 0.232 e. The van der Waals surface area contributed by atoms with Crippen molar-refractivity contribution in [2.45, 2.75) is 53.0 Å². The zero-order chi connectivity index (χ0) is 22.7. The van der Waals surface area contributed by atoms with Crippen LogP contribution >= 0.6 is 0 Å². The van der Waals surface area contributed by atoms with E-state index in [-0.39, 0.29) is 17.3 Å². The van der Waals surface area contributed by atoms with Gasteiger partial charge in [-0.1, -0.05) is 56.7 Å². The Morgan fingerprint density at radius 1 is 1.06 bits per heavy atom. The molecule has 3 aromatic rings. The van der Waals surface area contributed by atoms with Crippen molar-refractivity contribution in [3.8, 4) is 11.5 Å². The third kappa shape index (κ3) is 4.44. The van der Waals surface area contributed by atoms with Gasteiger partial charge in [0.25, 0.3) is 0 Å². The Labute approximate surface area is 189 Å². The van der Waals surface area contributed by atoms with Gasteiger partial charge in [-0.2, -0.15) is 0 Å². The van der Waals surface area contributed by atoms with Gasteiger partial charge in [-0.05, 0) is 37.5 Å². The van der Waals surface area contributed by atoms with Crippen molar-refractivity contribution in [1.82, 2.24) is 0 Å². The van der Waals surface area contributed by atoms with Crippen LogP contribution in [0.3, 0.4) is 0 Å². The molecule has 0 unspecified atom stereocenters. The smallest absolute Gasteiger partial charge is 0.232 e. The number of Topliss-reactive ketones (excluding diaryl/α,β-unsaturated/α-hetero) is 1. The van der Waals surface area contributed by atoms with E-state index in [4.69, 9.17) is 9.15 Å². The van der Waals surface area contributed by atoms with Gasteiger partial charge in [0, 0.05) is 17.0 Å². The van der Waals surface area contributed by atoms with Crippen LogP contribution in [0.4, 0.5) is 0 Å². The van der Waals surface area contributed by atoms with Crippen molar-refractivity contribution in [2.24, 2.45) is 0 Å². The number of unbranched alkanes of at least 4 members (excludes halogenated alkanes) is 2. The molecule has 0 bridgehead atoms. The molecule has 0 saturated carbocycles. The van der Waals surface area contributed by atoms with Gasteiger partial charge in [-0.3, -0.25) is 4.79 Å². The van der Waals surface area contributed by atoms with E-state index in [0.717, 1.165) is 49.7 Å². The summed E-state index contributed by atoms with van der Waals surface area (Å²) < 4.78 is 11.9. The first-order valence-electron chi connectivity index (χ1n) is 11.6. The van der Waals surface area contributed by atoms with Crippen LogP contribution in [0.1, 0.15) is 66.8 Å². The minimum Gasteiger partial charge on any atom is -0.872 e. The number of fused-ring (bicyclic) bond motifs is 2. The van der Waals surface area contributed by atoms with Crippen molar-refractivity contribution in [3.05, 3.63) is 64.6 Å². The molecular formula is C27H31NO4. The number of hydrogen-bond acceptors (Lipinski definition) is 4. The van der Waals surface area contributed by atoms with Crippen LogP contribution in [-0.2, 0) is 6.54 Å². The number of hydrogen-bond donors (Lipinski definition) is 1. The number of benzene rings is 2. The molecule has 1 aliphatic heterocycles. The summed E-state index contributed by atoms with van der Waals surface area (Å²) in [5.74, 6) is 0.958. The number of ketones is 1. The van der Waals surface area contributed by atoms with Crippen LogP contribution in [0.25, 0.3) is 17.0 Å². The van der Waals surface area contributed by atoms with Gasteiger partial charge in [0.15, 0.2) is 5.76 Å². The van der Waals surface area contributed by atoms with Crippen molar-refractivity contribution in [2.75, 3.05) is 13.1 Å². The second kappa shape index (κ2) is 9.61. The maximum absolute atomic E-state index is 13.2. The van der Waals surface area contributed by atoms with Crippen LogP contribution in [0, 0.1) is 6.92 Å². The molecule has 1 aliphatic rings. The van der Waals surface area contributed by atoms with Gasteiger partial charge in [0.05, 0.1) is 18.7 Å². The first-order valence-corrected chi connectivity index (χ1v) is 11.6. The Kier molecular flexibility index (Phi) is 6.66. The number of carbonyl (C=O) groups excluding carboxylic acids is 1. The Morgan fingerprint density at radius 3 is 2.47 bits per heavy atom. The van der Waals surface area contributed by atoms with Crippen LogP contribution < -0.4 is 14.7 Å². The summed E-state index contributed by atoms with van der Waals surface area (Å²) in [6.07, 6.45) is 6.09. The van der Waals surface area contributed by atoms with Gasteiger partial charge in [0.1, 0.15) is 23.6 Å². The van der Waals surface area contributed by atoms with Crippen molar-refractivity contribution >= 4 is 22.8 Å². The number of nitrogens with one attached hydrogen (secondary N) is 1. The second-order valence-corrected chi connectivity index (χ2v) is 8.63. The highest BCUT2D eigenvalue weighted by Gasteiger charge is 2.33. The lowest BCUT2D eigenvalue weighted by molar-refractivity contribution is -0.914. The van der Waals surface area contributed by atoms with Crippen LogP contribution in [-0.4, -0.2) is 18.9 Å². The van der Waals surface area contributed by atoms with E-state index < -0.39 is 0 Å². The normalized spacial score (nSPS) is 14.5. The lowest BCUT2D eigenvalue weighted by Crippen LogP contribution is -3.10. The van der Waals surface area contributed by atoms with E-state index in [0.29, 0.717) is 34.7 Å². The summed E-state index contributed by atoms with van der Waals surface area (Å²) in [7, 11) is 0. The molecule has 0 saturated heterocycles. The minimum atomic E-state index is -0.192. The largest absolute Gasteiger partial charge is 0.872 e. The van der Waals surface area contributed by atoms with E-state index in [1.807, 2.05) is 30.3 Å². The molecule has 2 aromatic carbocycles. The maximum atomic E-state index is 13.2. The molecule has 5 heteroatoms. The second-order valence-electron chi connectivity index (χ2n) is 8.63. The monoisotopic (exact) mass is 433 g/mol. The highest BCUT2D eigenvalue weighted by Crippen LogP contribution is 2.40. The number of quaternary nitrogens is 1. The van der Waals surface area contributed by atoms with Gasteiger partial charge in [-0.15, -0.1) is 0 Å². The molecule has 1 aromatic heterocycles. The van der Waals surface area contributed by atoms with Crippen molar-refractivity contribution in [3.63, 3.8) is 0 Å². The topological polar surface area (TPSA) is 66.9 Å². The SMILES string of the molecule is CCCC[NH+](CCCC)Cc1c([O-])cc(C)c2c1OC(=Cc1cc3ccccc3o1)C2=O. The Hall–Kier alpha value is -3.05. The van der Waals surface area contributed by atoms with Gasteiger partial charge in [0.2, 0.25) is 5.78 Å².